The first kappa shape index (κ1) is 17.3. The second-order valence-electron chi connectivity index (χ2n) is 4.76. The first-order valence-corrected chi connectivity index (χ1v) is 8.95. The van der Waals surface area contributed by atoms with Crippen LogP contribution >= 0.6 is 11.6 Å². The van der Waals surface area contributed by atoms with Crippen LogP contribution in [0, 0.1) is 0 Å². The van der Waals surface area contributed by atoms with Gasteiger partial charge in [-0.3, -0.25) is 4.72 Å². The number of halogens is 1. The Morgan fingerprint density at radius 1 is 1.17 bits per heavy atom. The predicted octanol–water partition coefficient (Wildman–Crippen LogP) is 3.46. The van der Waals surface area contributed by atoms with Crippen LogP contribution in [0.15, 0.2) is 48.5 Å². The minimum Gasteiger partial charge on any atom is -0.462 e. The van der Waals surface area contributed by atoms with Crippen molar-refractivity contribution < 1.29 is 17.9 Å². The lowest BCUT2D eigenvalue weighted by molar-refractivity contribution is 0.0526. The summed E-state index contributed by atoms with van der Waals surface area (Å²) < 4.78 is 31.7. The summed E-state index contributed by atoms with van der Waals surface area (Å²) in [4.78, 5) is 11.8. The number of sulfonamides is 1. The zero-order valence-electron chi connectivity index (χ0n) is 12.5. The van der Waals surface area contributed by atoms with E-state index >= 15 is 0 Å². The van der Waals surface area contributed by atoms with Gasteiger partial charge in [0, 0.05) is 5.69 Å². The molecule has 122 valence electrons. The molecule has 1 N–H and O–H groups in total. The molecule has 0 bridgehead atoms. The van der Waals surface area contributed by atoms with E-state index in [0.29, 0.717) is 5.56 Å². The second kappa shape index (κ2) is 7.48. The largest absolute Gasteiger partial charge is 0.462 e. The smallest absolute Gasteiger partial charge is 0.339 e. The topological polar surface area (TPSA) is 72.5 Å². The van der Waals surface area contributed by atoms with Crippen molar-refractivity contribution in [1.29, 1.82) is 0 Å². The molecule has 0 unspecified atom stereocenters. The molecule has 0 aliphatic heterocycles. The van der Waals surface area contributed by atoms with Gasteiger partial charge in [0.15, 0.2) is 0 Å². The van der Waals surface area contributed by atoms with Crippen molar-refractivity contribution in [1.82, 2.24) is 0 Å². The Labute approximate surface area is 140 Å². The van der Waals surface area contributed by atoms with Gasteiger partial charge in [0.2, 0.25) is 10.0 Å². The summed E-state index contributed by atoms with van der Waals surface area (Å²) in [7, 11) is -3.60. The third-order valence-corrected chi connectivity index (χ3v) is 4.52. The number of hydrogen-bond acceptors (Lipinski definition) is 4. The number of carbonyl (C=O) groups is 1. The highest BCUT2D eigenvalue weighted by atomic mass is 35.5. The summed E-state index contributed by atoms with van der Waals surface area (Å²) in [6.45, 7) is 1.89. The standard InChI is InChI=1S/C16H16ClNO4S/c1-2-22-16(19)14-10-13(8-9-15(14)17)18-23(20,21)11-12-6-4-3-5-7-12/h3-10,18H,2,11H2,1H3. The van der Waals surface area contributed by atoms with Gasteiger partial charge < -0.3 is 4.74 Å². The molecule has 2 aromatic rings. The van der Waals surface area contributed by atoms with Crippen molar-refractivity contribution in [2.24, 2.45) is 0 Å². The average Bonchev–Trinajstić information content (AvgIpc) is 2.49. The maximum Gasteiger partial charge on any atom is 0.339 e. The first-order valence-electron chi connectivity index (χ1n) is 6.92. The molecule has 0 aromatic heterocycles. The Hall–Kier alpha value is -2.05. The Morgan fingerprint density at radius 2 is 1.87 bits per heavy atom. The van der Waals surface area contributed by atoms with Crippen molar-refractivity contribution in [2.75, 3.05) is 11.3 Å². The minimum absolute atomic E-state index is 0.119. The molecular weight excluding hydrogens is 338 g/mol. The molecular formula is C16H16ClNO4S. The summed E-state index contributed by atoms with van der Waals surface area (Å²) in [5.41, 5.74) is 1.04. The van der Waals surface area contributed by atoms with Crippen molar-refractivity contribution in [3.8, 4) is 0 Å². The first-order chi connectivity index (χ1) is 10.9. The van der Waals surface area contributed by atoms with E-state index in [9.17, 15) is 13.2 Å². The van der Waals surface area contributed by atoms with Crippen LogP contribution in [-0.4, -0.2) is 21.0 Å². The number of carbonyl (C=O) groups excluding carboxylic acids is 1. The third-order valence-electron chi connectivity index (χ3n) is 2.93. The maximum absolute atomic E-state index is 12.2. The van der Waals surface area contributed by atoms with Gasteiger partial charge in [0.25, 0.3) is 0 Å². The number of nitrogens with one attached hydrogen (secondary N) is 1. The molecule has 0 aliphatic carbocycles. The van der Waals surface area contributed by atoms with Crippen molar-refractivity contribution in [3.05, 3.63) is 64.7 Å². The normalized spacial score (nSPS) is 11.0. The van der Waals surface area contributed by atoms with Crippen LogP contribution in [-0.2, 0) is 20.5 Å². The quantitative estimate of drug-likeness (QED) is 0.807. The number of ether oxygens (including phenoxy) is 1. The highest BCUT2D eigenvalue weighted by Crippen LogP contribution is 2.22. The number of esters is 1. The second-order valence-corrected chi connectivity index (χ2v) is 6.89. The highest BCUT2D eigenvalue weighted by molar-refractivity contribution is 7.91. The maximum atomic E-state index is 12.2. The molecule has 0 saturated carbocycles. The number of hydrogen-bond donors (Lipinski definition) is 1. The molecule has 0 amide bonds. The van der Waals surface area contributed by atoms with Crippen LogP contribution in [0.1, 0.15) is 22.8 Å². The molecule has 0 spiro atoms. The molecule has 2 rings (SSSR count). The van der Waals surface area contributed by atoms with Crippen LogP contribution in [0.5, 0.6) is 0 Å². The number of benzene rings is 2. The molecule has 2 aromatic carbocycles. The average molecular weight is 354 g/mol. The fraction of sp³-hybridized carbons (Fsp3) is 0.188. The molecule has 0 saturated heterocycles. The Bertz CT molecular complexity index is 791. The molecule has 5 nitrogen and oxygen atoms in total. The van der Waals surface area contributed by atoms with Crippen LogP contribution in [0.3, 0.4) is 0 Å². The van der Waals surface area contributed by atoms with Crippen LogP contribution < -0.4 is 4.72 Å². The molecule has 23 heavy (non-hydrogen) atoms. The van der Waals surface area contributed by atoms with E-state index in [1.54, 1.807) is 31.2 Å². The van der Waals surface area contributed by atoms with E-state index < -0.39 is 16.0 Å². The fourth-order valence-corrected chi connectivity index (χ4v) is 3.35. The summed E-state index contributed by atoms with van der Waals surface area (Å²) >= 11 is 5.95. The lowest BCUT2D eigenvalue weighted by Gasteiger charge is -2.10. The van der Waals surface area contributed by atoms with Gasteiger partial charge in [-0.25, -0.2) is 13.2 Å². The Balaban J connectivity index is 2.19. The van der Waals surface area contributed by atoms with E-state index in [2.05, 4.69) is 4.72 Å². The van der Waals surface area contributed by atoms with Gasteiger partial charge >= 0.3 is 5.97 Å². The van der Waals surface area contributed by atoms with Gasteiger partial charge in [-0.2, -0.15) is 0 Å². The van der Waals surface area contributed by atoms with Crippen LogP contribution in [0.2, 0.25) is 5.02 Å². The van der Waals surface area contributed by atoms with Gasteiger partial charge in [-0.1, -0.05) is 41.9 Å². The van der Waals surface area contributed by atoms with E-state index in [-0.39, 0.29) is 28.6 Å². The lowest BCUT2D eigenvalue weighted by atomic mass is 10.2. The Morgan fingerprint density at radius 3 is 2.52 bits per heavy atom. The Kier molecular flexibility index (Phi) is 5.63. The lowest BCUT2D eigenvalue weighted by Crippen LogP contribution is -2.15. The van der Waals surface area contributed by atoms with Gasteiger partial charge in [-0.05, 0) is 30.7 Å². The van der Waals surface area contributed by atoms with E-state index in [0.717, 1.165) is 0 Å². The zero-order valence-corrected chi connectivity index (χ0v) is 14.0. The molecule has 0 atom stereocenters. The van der Waals surface area contributed by atoms with E-state index in [1.807, 2.05) is 6.07 Å². The molecule has 7 heteroatoms. The molecule has 0 fully saturated rings. The summed E-state index contributed by atoms with van der Waals surface area (Å²) in [6.07, 6.45) is 0. The van der Waals surface area contributed by atoms with Gasteiger partial charge in [0.1, 0.15) is 0 Å². The zero-order chi connectivity index (χ0) is 16.9. The van der Waals surface area contributed by atoms with Crippen LogP contribution in [0.4, 0.5) is 5.69 Å². The third kappa shape index (κ3) is 4.97. The SMILES string of the molecule is CCOC(=O)c1cc(NS(=O)(=O)Cc2ccccc2)ccc1Cl. The van der Waals surface area contributed by atoms with Gasteiger partial charge in [0.05, 0.1) is 22.9 Å². The monoisotopic (exact) mass is 353 g/mol. The molecule has 0 aliphatic rings. The highest BCUT2D eigenvalue weighted by Gasteiger charge is 2.16. The van der Waals surface area contributed by atoms with Crippen molar-refractivity contribution >= 4 is 33.3 Å². The van der Waals surface area contributed by atoms with Crippen molar-refractivity contribution in [3.63, 3.8) is 0 Å². The number of anilines is 1. The minimum atomic E-state index is -3.60. The summed E-state index contributed by atoms with van der Waals surface area (Å²) in [6, 6.07) is 13.1. The van der Waals surface area contributed by atoms with Crippen molar-refractivity contribution in [2.45, 2.75) is 12.7 Å². The van der Waals surface area contributed by atoms with Gasteiger partial charge in [-0.15, -0.1) is 0 Å². The summed E-state index contributed by atoms with van der Waals surface area (Å²) in [5.74, 6) is -0.757. The predicted molar refractivity (Wildman–Crippen MR) is 90.1 cm³/mol. The number of rotatable bonds is 6. The van der Waals surface area contributed by atoms with E-state index in [4.69, 9.17) is 16.3 Å². The molecule has 0 radical (unpaired) electrons. The fourth-order valence-electron chi connectivity index (χ4n) is 1.96. The van der Waals surface area contributed by atoms with Crippen LogP contribution in [0.25, 0.3) is 0 Å². The summed E-state index contributed by atoms with van der Waals surface area (Å²) in [5, 5.41) is 0.203. The molecule has 0 heterocycles. The van der Waals surface area contributed by atoms with E-state index in [1.165, 1.54) is 18.2 Å².